The molecule has 1 unspecified atom stereocenters. The third kappa shape index (κ3) is 2.76. The lowest BCUT2D eigenvalue weighted by Crippen LogP contribution is -2.23. The summed E-state index contributed by atoms with van der Waals surface area (Å²) in [4.78, 5) is 19.3. The van der Waals surface area contributed by atoms with Gasteiger partial charge in [0.25, 0.3) is 0 Å². The van der Waals surface area contributed by atoms with Crippen molar-refractivity contribution in [1.29, 1.82) is 0 Å². The van der Waals surface area contributed by atoms with Gasteiger partial charge in [0.1, 0.15) is 5.75 Å². The summed E-state index contributed by atoms with van der Waals surface area (Å²) in [5.74, 6) is 0.976. The van der Waals surface area contributed by atoms with Gasteiger partial charge < -0.3 is 9.72 Å². The number of rotatable bonds is 3. The molecule has 148 valence electrons. The van der Waals surface area contributed by atoms with Crippen molar-refractivity contribution in [3.05, 3.63) is 111 Å². The smallest absolute Gasteiger partial charge is 0.194 e. The fourth-order valence-electron chi connectivity index (χ4n) is 4.86. The molecule has 0 aliphatic carbocycles. The van der Waals surface area contributed by atoms with Crippen molar-refractivity contribution >= 4 is 10.9 Å². The molecule has 3 heterocycles. The summed E-state index contributed by atoms with van der Waals surface area (Å²) in [7, 11) is 0. The predicted molar refractivity (Wildman–Crippen MR) is 118 cm³/mol. The normalized spacial score (nSPS) is 17.7. The van der Waals surface area contributed by atoms with Crippen LogP contribution in [-0.2, 0) is 19.5 Å². The van der Waals surface area contributed by atoms with Gasteiger partial charge in [-0.15, -0.1) is 0 Å². The first-order chi connectivity index (χ1) is 14.8. The topological polar surface area (TPSA) is 45.3 Å². The number of hydrogen-bond donors (Lipinski definition) is 1. The first kappa shape index (κ1) is 17.5. The zero-order valence-electron chi connectivity index (χ0n) is 16.6. The molecule has 0 bridgehead atoms. The number of hydrogen-bond acceptors (Lipinski definition) is 3. The van der Waals surface area contributed by atoms with Crippen LogP contribution in [0.25, 0.3) is 10.9 Å². The largest absolute Gasteiger partial charge is 0.493 e. The Balaban J connectivity index is 1.52. The number of ether oxygens (including phenoxy) is 1. The van der Waals surface area contributed by atoms with Gasteiger partial charge in [0.2, 0.25) is 0 Å². The van der Waals surface area contributed by atoms with E-state index >= 15 is 0 Å². The maximum absolute atomic E-state index is 13.3. The number of nitrogens with one attached hydrogen (secondary N) is 1. The second kappa shape index (κ2) is 6.85. The quantitative estimate of drug-likeness (QED) is 0.554. The maximum atomic E-state index is 13.3. The van der Waals surface area contributed by atoms with Gasteiger partial charge in [-0.25, -0.2) is 0 Å². The fraction of sp³-hybridized carbons (Fsp3) is 0.192. The van der Waals surface area contributed by atoms with Crippen molar-refractivity contribution in [2.24, 2.45) is 0 Å². The summed E-state index contributed by atoms with van der Waals surface area (Å²) in [5, 5.41) is 0.758. The zero-order valence-corrected chi connectivity index (χ0v) is 16.6. The molecule has 0 saturated heterocycles. The second-order valence-corrected chi connectivity index (χ2v) is 8.15. The molecule has 0 fully saturated rings. The molecule has 0 amide bonds. The number of aromatic nitrogens is 1. The fourth-order valence-corrected chi connectivity index (χ4v) is 4.86. The van der Waals surface area contributed by atoms with E-state index in [1.807, 2.05) is 30.3 Å². The Bertz CT molecular complexity index is 1310. The van der Waals surface area contributed by atoms with E-state index in [2.05, 4.69) is 52.3 Å². The highest BCUT2D eigenvalue weighted by molar-refractivity contribution is 5.79. The molecule has 0 spiro atoms. The van der Waals surface area contributed by atoms with Crippen LogP contribution in [-0.4, -0.2) is 16.5 Å². The van der Waals surface area contributed by atoms with Crippen LogP contribution in [0.15, 0.2) is 77.6 Å². The molecule has 0 radical (unpaired) electrons. The SMILES string of the molecule is O=c1c2c([nH]c3ccccc13)C(c1ccc3c(c1)OCC3)N(Cc1ccccc1)C2. The highest BCUT2D eigenvalue weighted by Gasteiger charge is 2.35. The number of pyridine rings is 1. The summed E-state index contributed by atoms with van der Waals surface area (Å²) >= 11 is 0. The summed E-state index contributed by atoms with van der Waals surface area (Å²) in [5.41, 5.74) is 6.57. The standard InChI is InChI=1S/C26H22N2O2/c29-26-20-8-4-5-9-22(20)27-24-21(26)16-28(15-17-6-2-1-3-7-17)25(24)19-11-10-18-12-13-30-23(18)14-19/h1-11,14,25H,12-13,15-16H2,(H,27,29). The average molecular weight is 394 g/mol. The van der Waals surface area contributed by atoms with Crippen molar-refractivity contribution in [3.8, 4) is 5.75 Å². The maximum Gasteiger partial charge on any atom is 0.194 e. The van der Waals surface area contributed by atoms with Crippen LogP contribution in [0.5, 0.6) is 5.75 Å². The van der Waals surface area contributed by atoms with Crippen LogP contribution in [0.1, 0.15) is 34.0 Å². The van der Waals surface area contributed by atoms with Crippen LogP contribution in [0.2, 0.25) is 0 Å². The molecule has 1 aromatic heterocycles. The summed E-state index contributed by atoms with van der Waals surface area (Å²) in [6, 6.07) is 24.8. The van der Waals surface area contributed by atoms with Gasteiger partial charge in [0, 0.05) is 41.7 Å². The predicted octanol–water partition coefficient (Wildman–Crippen LogP) is 4.57. The molecule has 2 aliphatic rings. The van der Waals surface area contributed by atoms with Crippen LogP contribution in [0, 0.1) is 0 Å². The Hall–Kier alpha value is -3.37. The van der Waals surface area contributed by atoms with E-state index in [0.717, 1.165) is 53.0 Å². The first-order valence-electron chi connectivity index (χ1n) is 10.5. The number of fused-ring (bicyclic) bond motifs is 3. The molecular formula is C26H22N2O2. The van der Waals surface area contributed by atoms with E-state index < -0.39 is 0 Å². The highest BCUT2D eigenvalue weighted by atomic mass is 16.5. The third-order valence-corrected chi connectivity index (χ3v) is 6.30. The van der Waals surface area contributed by atoms with Crippen molar-refractivity contribution in [1.82, 2.24) is 9.88 Å². The summed E-state index contributed by atoms with van der Waals surface area (Å²) < 4.78 is 5.84. The molecule has 2 aliphatic heterocycles. The first-order valence-corrected chi connectivity index (χ1v) is 10.5. The van der Waals surface area contributed by atoms with Gasteiger partial charge in [0.15, 0.2) is 5.43 Å². The van der Waals surface area contributed by atoms with Crippen LogP contribution in [0.3, 0.4) is 0 Å². The molecule has 3 aromatic carbocycles. The number of nitrogens with zero attached hydrogens (tertiary/aromatic N) is 1. The molecular weight excluding hydrogens is 372 g/mol. The van der Waals surface area contributed by atoms with Crippen LogP contribution in [0.4, 0.5) is 0 Å². The number of H-pyrrole nitrogens is 1. The van der Waals surface area contributed by atoms with Crippen molar-refractivity contribution in [2.45, 2.75) is 25.6 Å². The highest BCUT2D eigenvalue weighted by Crippen LogP contribution is 2.40. The lowest BCUT2D eigenvalue weighted by atomic mass is 9.99. The summed E-state index contributed by atoms with van der Waals surface area (Å²) in [6.45, 7) is 2.16. The van der Waals surface area contributed by atoms with E-state index in [4.69, 9.17) is 4.74 Å². The van der Waals surface area contributed by atoms with Gasteiger partial charge in [-0.05, 0) is 34.9 Å². The molecule has 4 nitrogen and oxygen atoms in total. The molecule has 1 atom stereocenters. The Labute approximate surface area is 174 Å². The second-order valence-electron chi connectivity index (χ2n) is 8.15. The number of para-hydroxylation sites is 1. The van der Waals surface area contributed by atoms with Gasteiger partial charge >= 0.3 is 0 Å². The Morgan fingerprint density at radius 2 is 1.83 bits per heavy atom. The minimum Gasteiger partial charge on any atom is -0.493 e. The van der Waals surface area contributed by atoms with Crippen molar-refractivity contribution < 1.29 is 4.74 Å². The molecule has 30 heavy (non-hydrogen) atoms. The molecule has 4 aromatic rings. The Kier molecular flexibility index (Phi) is 3.99. The van der Waals surface area contributed by atoms with Gasteiger partial charge in [-0.3, -0.25) is 9.69 Å². The zero-order chi connectivity index (χ0) is 20.1. The van der Waals surface area contributed by atoms with E-state index in [-0.39, 0.29) is 11.5 Å². The Morgan fingerprint density at radius 3 is 2.73 bits per heavy atom. The van der Waals surface area contributed by atoms with E-state index in [0.29, 0.717) is 6.54 Å². The van der Waals surface area contributed by atoms with Crippen molar-refractivity contribution in [3.63, 3.8) is 0 Å². The third-order valence-electron chi connectivity index (χ3n) is 6.30. The average Bonchev–Trinajstić information content (AvgIpc) is 3.38. The number of aromatic amines is 1. The van der Waals surface area contributed by atoms with Crippen LogP contribution >= 0.6 is 0 Å². The van der Waals surface area contributed by atoms with Crippen molar-refractivity contribution in [2.75, 3.05) is 6.61 Å². The minimum absolute atomic E-state index is 0.00740. The Morgan fingerprint density at radius 1 is 1.00 bits per heavy atom. The van der Waals surface area contributed by atoms with E-state index in [1.165, 1.54) is 11.1 Å². The molecule has 6 rings (SSSR count). The van der Waals surface area contributed by atoms with E-state index in [9.17, 15) is 4.79 Å². The number of benzene rings is 3. The van der Waals surface area contributed by atoms with Crippen LogP contribution < -0.4 is 10.2 Å². The minimum atomic E-state index is -0.00740. The van der Waals surface area contributed by atoms with E-state index in [1.54, 1.807) is 0 Å². The van der Waals surface area contributed by atoms with Gasteiger partial charge in [-0.2, -0.15) is 0 Å². The molecule has 0 saturated carbocycles. The lowest BCUT2D eigenvalue weighted by Gasteiger charge is -2.25. The molecule has 1 N–H and O–H groups in total. The lowest BCUT2D eigenvalue weighted by molar-refractivity contribution is 0.232. The van der Waals surface area contributed by atoms with Gasteiger partial charge in [-0.1, -0.05) is 54.6 Å². The van der Waals surface area contributed by atoms with Gasteiger partial charge in [0.05, 0.1) is 12.6 Å². The molecule has 4 heteroatoms. The monoisotopic (exact) mass is 394 g/mol. The summed E-state index contributed by atoms with van der Waals surface area (Å²) in [6.07, 6.45) is 0.964.